The van der Waals surface area contributed by atoms with Gasteiger partial charge in [0.25, 0.3) is 0 Å². The van der Waals surface area contributed by atoms with E-state index >= 15 is 0 Å². The summed E-state index contributed by atoms with van der Waals surface area (Å²) in [7, 11) is 0. The van der Waals surface area contributed by atoms with Crippen LogP contribution in [0.4, 0.5) is 0 Å². The second-order valence-corrected chi connectivity index (χ2v) is 2.93. The standard InChI is InChI=1S/C9H9N.C3H6.2C2H6/c1-7-6-10-9-5-3-2-4-8(7)9;1-3-2;2*1-2/h2-6,10H,1H3;3H,1H2,2H3;2*1-2H3. The molecule has 0 amide bonds. The van der Waals surface area contributed by atoms with Crippen molar-refractivity contribution in [3.05, 3.63) is 48.7 Å². The number of aromatic amines is 1. The first-order valence-electron chi connectivity index (χ1n) is 6.39. The Hall–Kier alpha value is -1.50. The molecule has 0 spiro atoms. The molecule has 1 aromatic heterocycles. The molecule has 0 atom stereocenters. The van der Waals surface area contributed by atoms with Crippen LogP contribution in [0.15, 0.2) is 43.1 Å². The number of para-hydroxylation sites is 1. The van der Waals surface area contributed by atoms with Gasteiger partial charge >= 0.3 is 0 Å². The third-order valence-electron chi connectivity index (χ3n) is 1.80. The zero-order valence-electron chi connectivity index (χ0n) is 12.2. The normalized spacial score (nSPS) is 7.65. The van der Waals surface area contributed by atoms with E-state index in [4.69, 9.17) is 0 Å². The maximum Gasteiger partial charge on any atom is 0.0456 e. The number of H-pyrrole nitrogens is 1. The van der Waals surface area contributed by atoms with Crippen LogP contribution in [0.25, 0.3) is 10.9 Å². The van der Waals surface area contributed by atoms with Crippen LogP contribution in [-0.4, -0.2) is 4.98 Å². The summed E-state index contributed by atoms with van der Waals surface area (Å²) in [6.45, 7) is 15.4. The summed E-state index contributed by atoms with van der Waals surface area (Å²) in [6.07, 6.45) is 3.78. The molecule has 1 N–H and O–H groups in total. The third kappa shape index (κ3) is 6.62. The fourth-order valence-corrected chi connectivity index (χ4v) is 1.22. The zero-order chi connectivity index (χ0) is 13.7. The molecule has 1 heterocycles. The van der Waals surface area contributed by atoms with E-state index in [1.54, 1.807) is 6.08 Å². The first-order valence-corrected chi connectivity index (χ1v) is 6.39. The number of aryl methyl sites for hydroxylation is 1. The van der Waals surface area contributed by atoms with Gasteiger partial charge in [0, 0.05) is 17.1 Å². The largest absolute Gasteiger partial charge is 0.361 e. The Kier molecular flexibility index (Phi) is 13.2. The lowest BCUT2D eigenvalue weighted by Gasteiger charge is -1.86. The van der Waals surface area contributed by atoms with Gasteiger partial charge < -0.3 is 4.98 Å². The summed E-state index contributed by atoms with van der Waals surface area (Å²) < 4.78 is 0. The number of allylic oxidation sites excluding steroid dienone is 1. The number of benzene rings is 1. The molecule has 0 aliphatic carbocycles. The molecule has 0 fully saturated rings. The molecule has 1 aromatic carbocycles. The number of rotatable bonds is 0. The highest BCUT2D eigenvalue weighted by Crippen LogP contribution is 2.15. The van der Waals surface area contributed by atoms with Gasteiger partial charge in [0.05, 0.1) is 0 Å². The molecular formula is C16H27N. The van der Waals surface area contributed by atoms with Crippen LogP contribution >= 0.6 is 0 Å². The van der Waals surface area contributed by atoms with Crippen LogP contribution in [-0.2, 0) is 0 Å². The van der Waals surface area contributed by atoms with E-state index < -0.39 is 0 Å². The Bertz CT molecular complexity index is 385. The molecular weight excluding hydrogens is 206 g/mol. The molecule has 0 unspecified atom stereocenters. The number of fused-ring (bicyclic) bond motifs is 1. The van der Waals surface area contributed by atoms with Crippen LogP contribution in [0.5, 0.6) is 0 Å². The van der Waals surface area contributed by atoms with E-state index in [9.17, 15) is 0 Å². The average Bonchev–Trinajstić information content (AvgIpc) is 2.78. The predicted molar refractivity (Wildman–Crippen MR) is 81.6 cm³/mol. The Morgan fingerprint density at radius 1 is 1.06 bits per heavy atom. The predicted octanol–water partition coefficient (Wildman–Crippen LogP) is 5.72. The molecule has 0 aliphatic heterocycles. The minimum absolute atomic E-state index is 1.22. The lowest BCUT2D eigenvalue weighted by atomic mass is 10.2. The van der Waals surface area contributed by atoms with Gasteiger partial charge in [-0.05, 0) is 25.5 Å². The van der Waals surface area contributed by atoms with Crippen LogP contribution < -0.4 is 0 Å². The van der Waals surface area contributed by atoms with Crippen molar-refractivity contribution in [2.24, 2.45) is 0 Å². The summed E-state index contributed by atoms with van der Waals surface area (Å²) in [5, 5.41) is 1.32. The van der Waals surface area contributed by atoms with Gasteiger partial charge in [-0.25, -0.2) is 0 Å². The Morgan fingerprint density at radius 3 is 2.00 bits per heavy atom. The quantitative estimate of drug-likeness (QED) is 0.560. The molecule has 2 aromatic rings. The van der Waals surface area contributed by atoms with Gasteiger partial charge in [-0.15, -0.1) is 6.58 Å². The van der Waals surface area contributed by atoms with Crippen molar-refractivity contribution in [1.82, 2.24) is 4.98 Å². The van der Waals surface area contributed by atoms with Gasteiger partial charge in [-0.1, -0.05) is 52.0 Å². The van der Waals surface area contributed by atoms with E-state index in [1.165, 1.54) is 16.5 Å². The van der Waals surface area contributed by atoms with E-state index in [1.807, 2.05) is 46.9 Å². The molecule has 2 rings (SSSR count). The first kappa shape index (κ1) is 17.9. The van der Waals surface area contributed by atoms with Crippen LogP contribution in [0.1, 0.15) is 40.2 Å². The molecule has 17 heavy (non-hydrogen) atoms. The molecule has 0 bridgehead atoms. The minimum atomic E-state index is 1.22. The first-order chi connectivity index (χ1) is 8.29. The number of hydrogen-bond acceptors (Lipinski definition) is 0. The lowest BCUT2D eigenvalue weighted by molar-refractivity contribution is 1.43. The summed E-state index contributed by atoms with van der Waals surface area (Å²) in [6, 6.07) is 8.31. The second kappa shape index (κ2) is 12.6. The van der Waals surface area contributed by atoms with E-state index in [-0.39, 0.29) is 0 Å². The number of hydrogen-bond donors (Lipinski definition) is 1. The maximum absolute atomic E-state index is 3.36. The Morgan fingerprint density at radius 2 is 1.53 bits per heavy atom. The van der Waals surface area contributed by atoms with Crippen molar-refractivity contribution in [3.63, 3.8) is 0 Å². The third-order valence-corrected chi connectivity index (χ3v) is 1.80. The fraction of sp³-hybridized carbons (Fsp3) is 0.375. The summed E-state index contributed by atoms with van der Waals surface area (Å²) in [4.78, 5) is 3.19. The van der Waals surface area contributed by atoms with Gasteiger partial charge in [0.15, 0.2) is 0 Å². The lowest BCUT2D eigenvalue weighted by Crippen LogP contribution is -1.64. The summed E-state index contributed by atoms with van der Waals surface area (Å²) in [5.41, 5.74) is 2.54. The van der Waals surface area contributed by atoms with E-state index in [0.717, 1.165) is 0 Å². The van der Waals surface area contributed by atoms with Crippen molar-refractivity contribution in [3.8, 4) is 0 Å². The van der Waals surface area contributed by atoms with Crippen LogP contribution in [0.3, 0.4) is 0 Å². The summed E-state index contributed by atoms with van der Waals surface area (Å²) >= 11 is 0. The molecule has 0 radical (unpaired) electrons. The molecule has 1 nitrogen and oxygen atoms in total. The highest BCUT2D eigenvalue weighted by molar-refractivity contribution is 5.82. The number of aromatic nitrogens is 1. The average molecular weight is 233 g/mol. The number of nitrogens with one attached hydrogen (secondary N) is 1. The Balaban J connectivity index is 0. The van der Waals surface area contributed by atoms with Crippen molar-refractivity contribution in [1.29, 1.82) is 0 Å². The van der Waals surface area contributed by atoms with Crippen molar-refractivity contribution >= 4 is 10.9 Å². The van der Waals surface area contributed by atoms with Gasteiger partial charge in [-0.3, -0.25) is 0 Å². The molecule has 0 saturated heterocycles. The van der Waals surface area contributed by atoms with Gasteiger partial charge in [0.1, 0.15) is 0 Å². The highest BCUT2D eigenvalue weighted by atomic mass is 14.7. The topological polar surface area (TPSA) is 15.8 Å². The molecule has 0 aliphatic rings. The van der Waals surface area contributed by atoms with Crippen LogP contribution in [0, 0.1) is 6.92 Å². The highest BCUT2D eigenvalue weighted by Gasteiger charge is 1.94. The fourth-order valence-electron chi connectivity index (χ4n) is 1.22. The zero-order valence-corrected chi connectivity index (χ0v) is 12.2. The smallest absolute Gasteiger partial charge is 0.0456 e. The van der Waals surface area contributed by atoms with E-state index in [0.29, 0.717) is 0 Å². The van der Waals surface area contributed by atoms with Crippen molar-refractivity contribution in [2.45, 2.75) is 41.5 Å². The summed E-state index contributed by atoms with van der Waals surface area (Å²) in [5.74, 6) is 0. The second-order valence-electron chi connectivity index (χ2n) is 2.93. The van der Waals surface area contributed by atoms with Crippen molar-refractivity contribution in [2.75, 3.05) is 0 Å². The Labute approximate surface area is 107 Å². The molecule has 1 heteroatoms. The minimum Gasteiger partial charge on any atom is -0.361 e. The monoisotopic (exact) mass is 233 g/mol. The van der Waals surface area contributed by atoms with Gasteiger partial charge in [0.2, 0.25) is 0 Å². The van der Waals surface area contributed by atoms with Crippen molar-refractivity contribution < 1.29 is 0 Å². The SMILES string of the molecule is C=CC.CC.CC.Cc1c[nH]c2ccccc12. The molecule has 0 saturated carbocycles. The van der Waals surface area contributed by atoms with Gasteiger partial charge in [-0.2, -0.15) is 0 Å². The molecule has 96 valence electrons. The maximum atomic E-state index is 3.36. The van der Waals surface area contributed by atoms with Crippen LogP contribution in [0.2, 0.25) is 0 Å². The van der Waals surface area contributed by atoms with E-state index in [2.05, 4.69) is 36.7 Å².